The molecule has 0 saturated heterocycles. The van der Waals surface area contributed by atoms with Gasteiger partial charge >= 0.3 is 0 Å². The van der Waals surface area contributed by atoms with Crippen LogP contribution in [0.3, 0.4) is 0 Å². The Morgan fingerprint density at radius 2 is 1.97 bits per heavy atom. The number of aryl methyl sites for hydroxylation is 1. The molecule has 32 heavy (non-hydrogen) atoms. The highest BCUT2D eigenvalue weighted by atomic mass is 35.5. The fraction of sp³-hybridized carbons (Fsp3) is 0.182. The van der Waals surface area contributed by atoms with Crippen molar-refractivity contribution in [3.8, 4) is 17.2 Å². The van der Waals surface area contributed by atoms with Crippen LogP contribution in [-0.4, -0.2) is 33.0 Å². The summed E-state index contributed by atoms with van der Waals surface area (Å²) in [6.45, 7) is 3.82. The number of rotatable bonds is 6. The van der Waals surface area contributed by atoms with E-state index in [2.05, 4.69) is 20.6 Å². The summed E-state index contributed by atoms with van der Waals surface area (Å²) >= 11 is 6.11. The van der Waals surface area contributed by atoms with Gasteiger partial charge in [-0.25, -0.2) is 9.67 Å². The number of aromatic nitrogens is 4. The van der Waals surface area contributed by atoms with Crippen LogP contribution in [0.4, 0.5) is 11.5 Å². The van der Waals surface area contributed by atoms with Crippen LogP contribution in [-0.2, 0) is 6.54 Å². The number of methoxy groups -OCH3 is 1. The van der Waals surface area contributed by atoms with Gasteiger partial charge in [0, 0.05) is 16.3 Å². The number of nitrogens with zero attached hydrogens (tertiary/aromatic N) is 4. The Bertz CT molecular complexity index is 1280. The van der Waals surface area contributed by atoms with Crippen LogP contribution < -0.4 is 15.8 Å². The molecule has 4 rings (SSSR count). The summed E-state index contributed by atoms with van der Waals surface area (Å²) in [5, 5.41) is 11.3. The van der Waals surface area contributed by atoms with Crippen molar-refractivity contribution in [2.24, 2.45) is 0 Å². The molecule has 0 spiro atoms. The van der Waals surface area contributed by atoms with Gasteiger partial charge in [-0.2, -0.15) is 0 Å². The van der Waals surface area contributed by atoms with Crippen LogP contribution in [0.2, 0.25) is 5.02 Å². The quantitative estimate of drug-likeness (QED) is 0.451. The van der Waals surface area contributed by atoms with Crippen molar-refractivity contribution >= 4 is 29.0 Å². The molecule has 0 atom stereocenters. The zero-order valence-electron chi connectivity index (χ0n) is 17.7. The number of amides is 1. The Morgan fingerprint density at radius 3 is 2.69 bits per heavy atom. The van der Waals surface area contributed by atoms with Gasteiger partial charge in [0.05, 0.1) is 13.7 Å². The number of benzene rings is 2. The third-order valence-corrected chi connectivity index (χ3v) is 5.44. The summed E-state index contributed by atoms with van der Waals surface area (Å²) in [7, 11) is 1.61. The van der Waals surface area contributed by atoms with Crippen LogP contribution in [0.5, 0.6) is 5.75 Å². The van der Waals surface area contributed by atoms with E-state index in [1.165, 1.54) is 4.68 Å². The molecule has 4 aromatic rings. The number of anilines is 2. The van der Waals surface area contributed by atoms with E-state index in [9.17, 15) is 4.79 Å². The summed E-state index contributed by atoms with van der Waals surface area (Å²) in [5.41, 5.74) is 8.93. The lowest BCUT2D eigenvalue weighted by Crippen LogP contribution is -2.16. The van der Waals surface area contributed by atoms with E-state index in [0.717, 1.165) is 16.9 Å². The Morgan fingerprint density at radius 1 is 1.22 bits per heavy atom. The lowest BCUT2D eigenvalue weighted by Gasteiger charge is -2.08. The highest BCUT2D eigenvalue weighted by Crippen LogP contribution is 2.26. The lowest BCUT2D eigenvalue weighted by atomic mass is 10.2. The third-order valence-electron chi connectivity index (χ3n) is 5.03. The molecule has 0 bridgehead atoms. The molecule has 10 heteroatoms. The molecule has 0 aliphatic heterocycles. The number of nitrogens with two attached hydrogens (primary N) is 1. The normalized spacial score (nSPS) is 10.9. The van der Waals surface area contributed by atoms with E-state index in [1.807, 2.05) is 31.2 Å². The van der Waals surface area contributed by atoms with Crippen molar-refractivity contribution in [2.45, 2.75) is 20.4 Å². The molecule has 2 aromatic carbocycles. The standard InChI is InChI=1S/C22H21ClN6O3/c1-12-16(23)5-4-6-17(12)25-21(30)19-20(24)29(28-27-19)11-18-13(2)32-22(26-18)14-7-9-15(31-3)10-8-14/h4-10H,11,24H2,1-3H3,(H,25,30). The minimum atomic E-state index is -0.477. The smallest absolute Gasteiger partial charge is 0.280 e. The average Bonchev–Trinajstić information content (AvgIpc) is 3.34. The molecular formula is C22H21ClN6O3. The van der Waals surface area contributed by atoms with Gasteiger partial charge in [-0.05, 0) is 55.8 Å². The molecule has 3 N–H and O–H groups in total. The lowest BCUT2D eigenvalue weighted by molar-refractivity contribution is 0.102. The van der Waals surface area contributed by atoms with Crippen molar-refractivity contribution in [3.63, 3.8) is 0 Å². The molecule has 2 heterocycles. The Balaban J connectivity index is 1.53. The van der Waals surface area contributed by atoms with Gasteiger partial charge in [0.25, 0.3) is 5.91 Å². The summed E-state index contributed by atoms with van der Waals surface area (Å²) in [5.74, 6) is 1.47. The van der Waals surface area contributed by atoms with Crippen LogP contribution in [0.15, 0.2) is 46.9 Å². The van der Waals surface area contributed by atoms with Gasteiger partial charge in [-0.15, -0.1) is 5.10 Å². The van der Waals surface area contributed by atoms with Crippen molar-refractivity contribution in [2.75, 3.05) is 18.2 Å². The highest BCUT2D eigenvalue weighted by molar-refractivity contribution is 6.31. The second kappa shape index (κ2) is 8.72. The molecule has 9 nitrogen and oxygen atoms in total. The second-order valence-corrected chi connectivity index (χ2v) is 7.51. The van der Waals surface area contributed by atoms with E-state index in [1.54, 1.807) is 32.2 Å². The number of hydrogen-bond acceptors (Lipinski definition) is 7. The Hall–Kier alpha value is -3.85. The van der Waals surface area contributed by atoms with E-state index in [4.69, 9.17) is 26.5 Å². The van der Waals surface area contributed by atoms with Gasteiger partial charge < -0.3 is 20.2 Å². The molecule has 0 fully saturated rings. The van der Waals surface area contributed by atoms with Gasteiger partial charge in [-0.1, -0.05) is 22.9 Å². The molecule has 1 amide bonds. The van der Waals surface area contributed by atoms with Gasteiger partial charge in [-0.3, -0.25) is 4.79 Å². The van der Waals surface area contributed by atoms with E-state index >= 15 is 0 Å². The minimum Gasteiger partial charge on any atom is -0.497 e. The van der Waals surface area contributed by atoms with Crippen molar-refractivity contribution in [1.29, 1.82) is 0 Å². The summed E-state index contributed by atoms with van der Waals surface area (Å²) in [6, 6.07) is 12.6. The van der Waals surface area contributed by atoms with E-state index in [-0.39, 0.29) is 18.1 Å². The van der Waals surface area contributed by atoms with E-state index < -0.39 is 5.91 Å². The van der Waals surface area contributed by atoms with Crippen molar-refractivity contribution in [1.82, 2.24) is 20.0 Å². The number of carbonyl (C=O) groups is 1. The fourth-order valence-corrected chi connectivity index (χ4v) is 3.27. The number of hydrogen-bond donors (Lipinski definition) is 2. The minimum absolute atomic E-state index is 0.0147. The van der Waals surface area contributed by atoms with Crippen molar-refractivity contribution < 1.29 is 13.9 Å². The van der Waals surface area contributed by atoms with Crippen LogP contribution in [0, 0.1) is 13.8 Å². The molecule has 0 aliphatic rings. The first-order valence-electron chi connectivity index (χ1n) is 9.73. The van der Waals surface area contributed by atoms with Gasteiger partial charge in [0.1, 0.15) is 17.2 Å². The number of ether oxygens (including phenoxy) is 1. The highest BCUT2D eigenvalue weighted by Gasteiger charge is 2.20. The number of nitrogen functional groups attached to an aromatic ring is 1. The zero-order valence-corrected chi connectivity index (χ0v) is 18.5. The topological polar surface area (TPSA) is 121 Å². The van der Waals surface area contributed by atoms with Gasteiger partial charge in [0.15, 0.2) is 11.5 Å². The molecule has 0 unspecified atom stereocenters. The van der Waals surface area contributed by atoms with E-state index in [0.29, 0.717) is 28.1 Å². The largest absolute Gasteiger partial charge is 0.497 e. The zero-order chi connectivity index (χ0) is 22.8. The fourth-order valence-electron chi connectivity index (χ4n) is 3.10. The Labute approximate surface area is 189 Å². The monoisotopic (exact) mass is 452 g/mol. The molecule has 164 valence electrons. The summed E-state index contributed by atoms with van der Waals surface area (Å²) in [4.78, 5) is 17.2. The molecule has 0 aliphatic carbocycles. The number of carbonyl (C=O) groups excluding carboxylic acids is 1. The number of oxazole rings is 1. The van der Waals surface area contributed by atoms with Crippen LogP contribution in [0.25, 0.3) is 11.5 Å². The first-order valence-corrected chi connectivity index (χ1v) is 10.1. The SMILES string of the molecule is COc1ccc(-c2nc(Cn3nnc(C(=O)Nc4cccc(Cl)c4C)c3N)c(C)o2)cc1. The summed E-state index contributed by atoms with van der Waals surface area (Å²) < 4.78 is 12.4. The Kier molecular flexibility index (Phi) is 5.83. The average molecular weight is 453 g/mol. The second-order valence-electron chi connectivity index (χ2n) is 7.10. The predicted molar refractivity (Wildman–Crippen MR) is 121 cm³/mol. The molecule has 0 saturated carbocycles. The number of nitrogens with one attached hydrogen (secondary N) is 1. The van der Waals surface area contributed by atoms with Crippen molar-refractivity contribution in [3.05, 3.63) is 70.2 Å². The van der Waals surface area contributed by atoms with Crippen LogP contribution in [0.1, 0.15) is 27.5 Å². The maximum absolute atomic E-state index is 12.7. The molecule has 2 aromatic heterocycles. The summed E-state index contributed by atoms with van der Waals surface area (Å²) in [6.07, 6.45) is 0. The predicted octanol–water partition coefficient (Wildman–Crippen LogP) is 4.09. The molecular weight excluding hydrogens is 432 g/mol. The molecule has 0 radical (unpaired) electrons. The first kappa shape index (κ1) is 21.4. The maximum Gasteiger partial charge on any atom is 0.280 e. The van der Waals surface area contributed by atoms with Crippen LogP contribution >= 0.6 is 11.6 Å². The maximum atomic E-state index is 12.7. The first-order chi connectivity index (χ1) is 15.4. The number of halogens is 1. The third kappa shape index (κ3) is 4.15. The van der Waals surface area contributed by atoms with Gasteiger partial charge in [0.2, 0.25) is 5.89 Å².